The molecule has 1 amide bonds. The van der Waals surface area contributed by atoms with Crippen LogP contribution in [0.1, 0.15) is 32.6 Å². The number of nitrogens with zero attached hydrogens (tertiary/aromatic N) is 2. The van der Waals surface area contributed by atoms with Crippen molar-refractivity contribution in [3.8, 4) is 0 Å². The average molecular weight is 284 g/mol. The number of piperazine rings is 1. The first-order chi connectivity index (χ1) is 9.70. The molecule has 1 heterocycles. The van der Waals surface area contributed by atoms with Crippen molar-refractivity contribution in [2.75, 3.05) is 45.9 Å². The SMILES string of the molecule is CC1CCCCC1OCC(=O)N1CCN(CCO)CC1. The van der Waals surface area contributed by atoms with Crippen LogP contribution in [0.15, 0.2) is 0 Å². The lowest BCUT2D eigenvalue weighted by atomic mass is 9.88. The molecule has 2 atom stereocenters. The number of hydrogen-bond acceptors (Lipinski definition) is 4. The molecule has 0 radical (unpaired) electrons. The third-order valence-electron chi connectivity index (χ3n) is 4.59. The smallest absolute Gasteiger partial charge is 0.248 e. The summed E-state index contributed by atoms with van der Waals surface area (Å²) in [4.78, 5) is 16.2. The first-order valence-corrected chi connectivity index (χ1v) is 7.93. The Kier molecular flexibility index (Phi) is 6.26. The highest BCUT2D eigenvalue weighted by molar-refractivity contribution is 5.77. The molecule has 0 aromatic heterocycles. The average Bonchev–Trinajstić information content (AvgIpc) is 2.47. The fourth-order valence-electron chi connectivity index (χ4n) is 3.16. The van der Waals surface area contributed by atoms with Gasteiger partial charge >= 0.3 is 0 Å². The summed E-state index contributed by atoms with van der Waals surface area (Å²) in [5, 5.41) is 8.90. The molecule has 1 N–H and O–H groups in total. The van der Waals surface area contributed by atoms with Gasteiger partial charge in [-0.15, -0.1) is 0 Å². The van der Waals surface area contributed by atoms with Gasteiger partial charge in [0.15, 0.2) is 0 Å². The second kappa shape index (κ2) is 7.96. The maximum atomic E-state index is 12.1. The van der Waals surface area contributed by atoms with Gasteiger partial charge in [0, 0.05) is 32.7 Å². The Morgan fingerprint density at radius 3 is 2.55 bits per heavy atom. The number of ether oxygens (including phenoxy) is 1. The number of aliphatic hydroxyl groups is 1. The molecule has 1 aliphatic carbocycles. The second-order valence-electron chi connectivity index (χ2n) is 6.06. The summed E-state index contributed by atoms with van der Waals surface area (Å²) in [7, 11) is 0. The number of rotatable bonds is 5. The summed E-state index contributed by atoms with van der Waals surface area (Å²) in [6.07, 6.45) is 5.10. The van der Waals surface area contributed by atoms with Crippen LogP contribution < -0.4 is 0 Å². The summed E-state index contributed by atoms with van der Waals surface area (Å²) in [6, 6.07) is 0. The molecule has 2 aliphatic rings. The first kappa shape index (κ1) is 15.7. The minimum absolute atomic E-state index is 0.117. The van der Waals surface area contributed by atoms with Crippen molar-refractivity contribution in [1.82, 2.24) is 9.80 Å². The number of aliphatic hydroxyl groups excluding tert-OH is 1. The van der Waals surface area contributed by atoms with E-state index in [1.54, 1.807) is 0 Å². The Labute approximate surface area is 121 Å². The Morgan fingerprint density at radius 1 is 1.20 bits per heavy atom. The summed E-state index contributed by atoms with van der Waals surface area (Å²) < 4.78 is 5.84. The summed E-state index contributed by atoms with van der Waals surface area (Å²) >= 11 is 0. The Hall–Kier alpha value is -0.650. The number of β-amino-alcohol motifs (C(OH)–C–C–N with tert-alkyl or cyclic N) is 1. The molecular weight excluding hydrogens is 256 g/mol. The van der Waals surface area contributed by atoms with E-state index >= 15 is 0 Å². The van der Waals surface area contributed by atoms with Crippen LogP contribution in [0.2, 0.25) is 0 Å². The normalized spacial score (nSPS) is 28.6. The zero-order chi connectivity index (χ0) is 14.4. The minimum atomic E-state index is 0.117. The van der Waals surface area contributed by atoms with Gasteiger partial charge < -0.3 is 14.7 Å². The van der Waals surface area contributed by atoms with E-state index in [-0.39, 0.29) is 25.2 Å². The fourth-order valence-corrected chi connectivity index (χ4v) is 3.16. The van der Waals surface area contributed by atoms with Gasteiger partial charge in [0.25, 0.3) is 0 Å². The van der Waals surface area contributed by atoms with Crippen LogP contribution in [0.25, 0.3) is 0 Å². The molecule has 0 aromatic carbocycles. The van der Waals surface area contributed by atoms with Crippen LogP contribution >= 0.6 is 0 Å². The number of hydrogen-bond donors (Lipinski definition) is 1. The molecule has 116 valence electrons. The third kappa shape index (κ3) is 4.43. The van der Waals surface area contributed by atoms with Crippen LogP contribution in [-0.2, 0) is 9.53 Å². The van der Waals surface area contributed by atoms with E-state index in [2.05, 4.69) is 11.8 Å². The van der Waals surface area contributed by atoms with Gasteiger partial charge in [-0.1, -0.05) is 19.8 Å². The van der Waals surface area contributed by atoms with E-state index in [4.69, 9.17) is 9.84 Å². The van der Waals surface area contributed by atoms with Gasteiger partial charge in [0.2, 0.25) is 5.91 Å². The molecule has 1 saturated heterocycles. The van der Waals surface area contributed by atoms with Crippen molar-refractivity contribution >= 4 is 5.91 Å². The van der Waals surface area contributed by atoms with Crippen LogP contribution in [0.4, 0.5) is 0 Å². The van der Waals surface area contributed by atoms with Gasteiger partial charge in [0.05, 0.1) is 12.7 Å². The molecule has 20 heavy (non-hydrogen) atoms. The molecule has 0 aromatic rings. The molecule has 1 saturated carbocycles. The van der Waals surface area contributed by atoms with Gasteiger partial charge in [0.1, 0.15) is 6.61 Å². The minimum Gasteiger partial charge on any atom is -0.395 e. The standard InChI is InChI=1S/C15H28N2O3/c1-13-4-2-3-5-14(13)20-12-15(19)17-8-6-16(7-9-17)10-11-18/h13-14,18H,2-12H2,1H3. The Morgan fingerprint density at radius 2 is 1.90 bits per heavy atom. The van der Waals surface area contributed by atoms with Crippen molar-refractivity contribution in [3.05, 3.63) is 0 Å². The summed E-state index contributed by atoms with van der Waals surface area (Å²) in [6.45, 7) is 6.56. The number of carbonyl (C=O) groups is 1. The zero-order valence-electron chi connectivity index (χ0n) is 12.6. The zero-order valence-corrected chi connectivity index (χ0v) is 12.6. The van der Waals surface area contributed by atoms with E-state index < -0.39 is 0 Å². The van der Waals surface area contributed by atoms with E-state index in [9.17, 15) is 4.79 Å². The molecule has 2 unspecified atom stereocenters. The van der Waals surface area contributed by atoms with Crippen LogP contribution in [0.5, 0.6) is 0 Å². The fraction of sp³-hybridized carbons (Fsp3) is 0.933. The Bertz CT molecular complexity index is 303. The summed E-state index contributed by atoms with van der Waals surface area (Å²) in [5.74, 6) is 0.698. The van der Waals surface area contributed by atoms with E-state index in [0.717, 1.165) is 32.6 Å². The molecule has 0 spiro atoms. The van der Waals surface area contributed by atoms with Gasteiger partial charge in [-0.2, -0.15) is 0 Å². The lowest BCUT2D eigenvalue weighted by molar-refractivity contribution is -0.141. The van der Waals surface area contributed by atoms with E-state index in [0.29, 0.717) is 12.5 Å². The predicted octanol–water partition coefficient (Wildman–Crippen LogP) is 0.718. The third-order valence-corrected chi connectivity index (χ3v) is 4.59. The van der Waals surface area contributed by atoms with E-state index in [1.807, 2.05) is 4.90 Å². The maximum Gasteiger partial charge on any atom is 0.248 e. The number of amides is 1. The van der Waals surface area contributed by atoms with E-state index in [1.165, 1.54) is 19.3 Å². The molecule has 2 rings (SSSR count). The Balaban J connectivity index is 1.67. The highest BCUT2D eigenvalue weighted by Crippen LogP contribution is 2.26. The second-order valence-corrected chi connectivity index (χ2v) is 6.06. The molecule has 0 bridgehead atoms. The van der Waals surface area contributed by atoms with Gasteiger partial charge in [-0.05, 0) is 18.8 Å². The number of carbonyl (C=O) groups excluding carboxylic acids is 1. The van der Waals surface area contributed by atoms with Crippen LogP contribution in [0.3, 0.4) is 0 Å². The molecule has 5 nitrogen and oxygen atoms in total. The molecular formula is C15H28N2O3. The van der Waals surface area contributed by atoms with Crippen molar-refractivity contribution in [2.45, 2.75) is 38.7 Å². The van der Waals surface area contributed by atoms with Crippen LogP contribution in [0, 0.1) is 5.92 Å². The molecule has 1 aliphatic heterocycles. The lowest BCUT2D eigenvalue weighted by Gasteiger charge is -2.35. The van der Waals surface area contributed by atoms with Crippen LogP contribution in [-0.4, -0.2) is 72.9 Å². The monoisotopic (exact) mass is 284 g/mol. The van der Waals surface area contributed by atoms with Gasteiger partial charge in [-0.25, -0.2) is 0 Å². The highest BCUT2D eigenvalue weighted by atomic mass is 16.5. The molecule has 2 fully saturated rings. The topological polar surface area (TPSA) is 53.0 Å². The quantitative estimate of drug-likeness (QED) is 0.808. The predicted molar refractivity (Wildman–Crippen MR) is 77.5 cm³/mol. The van der Waals surface area contributed by atoms with Crippen molar-refractivity contribution in [2.24, 2.45) is 5.92 Å². The van der Waals surface area contributed by atoms with Crippen molar-refractivity contribution in [1.29, 1.82) is 0 Å². The van der Waals surface area contributed by atoms with Gasteiger partial charge in [-0.3, -0.25) is 9.69 Å². The largest absolute Gasteiger partial charge is 0.395 e. The maximum absolute atomic E-state index is 12.1. The molecule has 5 heteroatoms. The van der Waals surface area contributed by atoms with Crippen molar-refractivity contribution < 1.29 is 14.6 Å². The highest BCUT2D eigenvalue weighted by Gasteiger charge is 2.25. The van der Waals surface area contributed by atoms with Crippen molar-refractivity contribution in [3.63, 3.8) is 0 Å². The lowest BCUT2D eigenvalue weighted by Crippen LogP contribution is -2.50. The summed E-state index contributed by atoms with van der Waals surface area (Å²) in [5.41, 5.74) is 0. The first-order valence-electron chi connectivity index (χ1n) is 7.93.